The van der Waals surface area contributed by atoms with Gasteiger partial charge in [-0.25, -0.2) is 4.79 Å². The highest BCUT2D eigenvalue weighted by Crippen LogP contribution is 2.17. The van der Waals surface area contributed by atoms with Gasteiger partial charge in [-0.15, -0.1) is 11.8 Å². The van der Waals surface area contributed by atoms with Crippen LogP contribution in [0.15, 0.2) is 0 Å². The van der Waals surface area contributed by atoms with Gasteiger partial charge in [0.25, 0.3) is 0 Å². The van der Waals surface area contributed by atoms with Gasteiger partial charge in [0.1, 0.15) is 5.60 Å². The minimum absolute atomic E-state index is 0.311. The predicted molar refractivity (Wildman–Crippen MR) is 71.6 cm³/mol. The molecule has 1 heterocycles. The topological polar surface area (TPSA) is 59.0 Å². The molecule has 2 unspecified atom stereocenters. The van der Waals surface area contributed by atoms with Gasteiger partial charge in [-0.1, -0.05) is 0 Å². The quantitative estimate of drug-likeness (QED) is 0.770. The van der Waals surface area contributed by atoms with Crippen molar-refractivity contribution in [3.05, 3.63) is 0 Å². The van der Waals surface area contributed by atoms with Crippen LogP contribution in [0.5, 0.6) is 0 Å². The minimum atomic E-state index is -0.722. The maximum absolute atomic E-state index is 12.1. The van der Waals surface area contributed by atoms with Crippen LogP contribution in [0.2, 0.25) is 0 Å². The van der Waals surface area contributed by atoms with Gasteiger partial charge in [-0.3, -0.25) is 4.90 Å². The van der Waals surface area contributed by atoms with Crippen LogP contribution in [0.3, 0.4) is 0 Å². The summed E-state index contributed by atoms with van der Waals surface area (Å²) in [6.45, 7) is 8.37. The van der Waals surface area contributed by atoms with Gasteiger partial charge in [0.2, 0.25) is 0 Å². The monoisotopic (exact) mass is 269 g/mol. The third kappa shape index (κ3) is 5.09. The van der Waals surface area contributed by atoms with Crippen LogP contribution in [0.1, 0.15) is 34.1 Å². The lowest BCUT2D eigenvalue weighted by atomic mass is 10.1. The minimum Gasteiger partial charge on any atom is -0.444 e. The van der Waals surface area contributed by atoms with Crippen LogP contribution in [-0.2, 0) is 9.47 Å². The molecule has 0 bridgehead atoms. The molecular formula is C14H23NO4. The van der Waals surface area contributed by atoms with Crippen LogP contribution in [-0.4, -0.2) is 53.6 Å². The number of amides is 1. The van der Waals surface area contributed by atoms with Gasteiger partial charge in [-0.2, -0.15) is 0 Å². The first-order valence-corrected chi connectivity index (χ1v) is 6.50. The summed E-state index contributed by atoms with van der Waals surface area (Å²) in [6, 6.07) is -0.399. The second kappa shape index (κ2) is 6.78. The smallest absolute Gasteiger partial charge is 0.410 e. The fourth-order valence-corrected chi connectivity index (χ4v) is 1.83. The molecule has 0 aliphatic carbocycles. The van der Waals surface area contributed by atoms with E-state index in [1.807, 2.05) is 20.8 Å². The molecule has 1 aliphatic heterocycles. The Balaban J connectivity index is 2.70. The highest BCUT2D eigenvalue weighted by molar-refractivity contribution is 5.68. The number of aliphatic hydroxyl groups is 1. The lowest BCUT2D eigenvalue weighted by Crippen LogP contribution is -2.55. The van der Waals surface area contributed by atoms with Crippen molar-refractivity contribution >= 4 is 6.09 Å². The number of hydrogen-bond donors (Lipinski definition) is 1. The molecule has 2 atom stereocenters. The zero-order valence-corrected chi connectivity index (χ0v) is 12.1. The second-order valence-corrected chi connectivity index (χ2v) is 5.51. The van der Waals surface area contributed by atoms with E-state index in [4.69, 9.17) is 9.47 Å². The van der Waals surface area contributed by atoms with E-state index >= 15 is 0 Å². The van der Waals surface area contributed by atoms with Crippen molar-refractivity contribution in [1.29, 1.82) is 0 Å². The predicted octanol–water partition coefficient (Wildman–Crippen LogP) is 1.40. The molecule has 0 aromatic heterocycles. The summed E-state index contributed by atoms with van der Waals surface area (Å²) < 4.78 is 10.7. The van der Waals surface area contributed by atoms with E-state index in [0.29, 0.717) is 26.2 Å². The molecule has 0 radical (unpaired) electrons. The van der Waals surface area contributed by atoms with E-state index in [2.05, 4.69) is 11.8 Å². The Kier molecular flexibility index (Phi) is 5.64. The summed E-state index contributed by atoms with van der Waals surface area (Å²) in [5, 5.41) is 10.1. The Morgan fingerprint density at radius 2 is 2.26 bits per heavy atom. The third-order valence-corrected chi connectivity index (χ3v) is 2.73. The lowest BCUT2D eigenvalue weighted by molar-refractivity contribution is -0.0650. The molecule has 0 aromatic rings. The summed E-state index contributed by atoms with van der Waals surface area (Å²) in [4.78, 5) is 13.6. The Morgan fingerprint density at radius 1 is 1.58 bits per heavy atom. The molecule has 1 saturated heterocycles. The van der Waals surface area contributed by atoms with Crippen LogP contribution in [0, 0.1) is 11.8 Å². The highest BCUT2D eigenvalue weighted by Gasteiger charge is 2.34. The molecule has 0 saturated carbocycles. The Labute approximate surface area is 114 Å². The largest absolute Gasteiger partial charge is 0.444 e. The molecular weight excluding hydrogens is 246 g/mol. The first-order valence-electron chi connectivity index (χ1n) is 6.50. The molecule has 1 N–H and O–H groups in total. The summed E-state index contributed by atoms with van der Waals surface area (Å²) in [5.41, 5.74) is -0.548. The van der Waals surface area contributed by atoms with Crippen molar-refractivity contribution in [3.8, 4) is 11.8 Å². The summed E-state index contributed by atoms with van der Waals surface area (Å²) in [6.07, 6.45) is -0.811. The van der Waals surface area contributed by atoms with E-state index in [9.17, 15) is 9.90 Å². The van der Waals surface area contributed by atoms with Gasteiger partial charge in [0, 0.05) is 13.0 Å². The molecule has 1 fully saturated rings. The van der Waals surface area contributed by atoms with E-state index < -0.39 is 23.8 Å². The summed E-state index contributed by atoms with van der Waals surface area (Å²) in [7, 11) is 0. The third-order valence-electron chi connectivity index (χ3n) is 2.73. The first-order chi connectivity index (χ1) is 8.85. The number of morpholine rings is 1. The van der Waals surface area contributed by atoms with E-state index in [1.165, 1.54) is 4.90 Å². The van der Waals surface area contributed by atoms with Gasteiger partial charge < -0.3 is 14.6 Å². The van der Waals surface area contributed by atoms with Gasteiger partial charge >= 0.3 is 6.09 Å². The number of hydrogen-bond acceptors (Lipinski definition) is 4. The normalized spacial score (nSPS) is 21.3. The van der Waals surface area contributed by atoms with Gasteiger partial charge in [-0.05, 0) is 27.7 Å². The molecule has 5 heteroatoms. The maximum atomic E-state index is 12.1. The van der Waals surface area contributed by atoms with E-state index in [0.717, 1.165) is 0 Å². The zero-order chi connectivity index (χ0) is 14.5. The zero-order valence-electron chi connectivity index (χ0n) is 12.1. The molecule has 5 nitrogen and oxygen atoms in total. The molecule has 0 spiro atoms. The van der Waals surface area contributed by atoms with Crippen molar-refractivity contribution in [2.45, 2.75) is 51.9 Å². The number of rotatable bonds is 2. The maximum Gasteiger partial charge on any atom is 0.410 e. The van der Waals surface area contributed by atoms with Crippen LogP contribution in [0.25, 0.3) is 0 Å². The van der Waals surface area contributed by atoms with Crippen molar-refractivity contribution in [3.63, 3.8) is 0 Å². The second-order valence-electron chi connectivity index (χ2n) is 5.51. The molecule has 108 valence electrons. The SMILES string of the molecule is CC#CCC(O)C1COCCN1C(=O)OC(C)(C)C. The fourth-order valence-electron chi connectivity index (χ4n) is 1.83. The van der Waals surface area contributed by atoms with E-state index in [1.54, 1.807) is 6.92 Å². The number of aliphatic hydroxyl groups excluding tert-OH is 1. The average molecular weight is 269 g/mol. The number of carbonyl (C=O) groups excluding carboxylic acids is 1. The Morgan fingerprint density at radius 3 is 2.84 bits per heavy atom. The van der Waals surface area contributed by atoms with Crippen LogP contribution < -0.4 is 0 Å². The van der Waals surface area contributed by atoms with Crippen molar-refractivity contribution in [2.24, 2.45) is 0 Å². The molecule has 0 aromatic carbocycles. The Hall–Kier alpha value is -1.25. The van der Waals surface area contributed by atoms with Crippen LogP contribution in [0.4, 0.5) is 4.79 Å². The van der Waals surface area contributed by atoms with E-state index in [-0.39, 0.29) is 0 Å². The molecule has 1 aliphatic rings. The summed E-state index contributed by atoms with van der Waals surface area (Å²) >= 11 is 0. The van der Waals surface area contributed by atoms with Crippen LogP contribution >= 0.6 is 0 Å². The fraction of sp³-hybridized carbons (Fsp3) is 0.786. The molecule has 1 rings (SSSR count). The standard InChI is InChI=1S/C14H23NO4/c1-5-6-7-12(16)11-10-18-9-8-15(11)13(17)19-14(2,3)4/h11-12,16H,7-10H2,1-4H3. The number of carbonyl (C=O) groups is 1. The van der Waals surface area contributed by atoms with Crippen molar-refractivity contribution in [2.75, 3.05) is 19.8 Å². The van der Waals surface area contributed by atoms with Gasteiger partial charge in [0.05, 0.1) is 25.4 Å². The molecule has 1 amide bonds. The van der Waals surface area contributed by atoms with Crippen molar-refractivity contribution < 1.29 is 19.4 Å². The first kappa shape index (κ1) is 15.8. The number of ether oxygens (including phenoxy) is 2. The Bertz CT molecular complexity index is 364. The number of nitrogens with zero attached hydrogens (tertiary/aromatic N) is 1. The highest BCUT2D eigenvalue weighted by atomic mass is 16.6. The molecule has 19 heavy (non-hydrogen) atoms. The van der Waals surface area contributed by atoms with Gasteiger partial charge in [0.15, 0.2) is 0 Å². The van der Waals surface area contributed by atoms with Crippen molar-refractivity contribution in [1.82, 2.24) is 4.90 Å². The summed E-state index contributed by atoms with van der Waals surface area (Å²) in [5.74, 6) is 5.55. The average Bonchev–Trinajstić information content (AvgIpc) is 2.34. The lowest BCUT2D eigenvalue weighted by Gasteiger charge is -2.38.